The van der Waals surface area contributed by atoms with Gasteiger partial charge in [0, 0.05) is 6.61 Å². The van der Waals surface area contributed by atoms with Crippen LogP contribution in [-0.4, -0.2) is 38.1 Å². The van der Waals surface area contributed by atoms with Crippen LogP contribution in [0.15, 0.2) is 12.2 Å². The summed E-state index contributed by atoms with van der Waals surface area (Å²) >= 11 is 0. The van der Waals surface area contributed by atoms with E-state index in [0.29, 0.717) is 19.8 Å². The lowest BCUT2D eigenvalue weighted by molar-refractivity contribution is 0.0321. The maximum absolute atomic E-state index is 8.56. The highest BCUT2D eigenvalue weighted by atomic mass is 16.5. The number of ether oxygens (including phenoxy) is 2. The molecule has 0 bridgehead atoms. The van der Waals surface area contributed by atoms with Gasteiger partial charge in [-0.25, -0.2) is 0 Å². The third-order valence-electron chi connectivity index (χ3n) is 4.41. The molecule has 0 atom stereocenters. The van der Waals surface area contributed by atoms with E-state index in [2.05, 4.69) is 19.1 Å². The molecule has 25 heavy (non-hydrogen) atoms. The maximum atomic E-state index is 8.56. The molecule has 0 saturated carbocycles. The topological polar surface area (TPSA) is 38.7 Å². The van der Waals surface area contributed by atoms with Crippen molar-refractivity contribution in [2.24, 2.45) is 0 Å². The van der Waals surface area contributed by atoms with E-state index in [0.717, 1.165) is 13.0 Å². The van der Waals surface area contributed by atoms with Crippen LogP contribution >= 0.6 is 0 Å². The highest BCUT2D eigenvalue weighted by Crippen LogP contribution is 2.09. The predicted molar refractivity (Wildman–Crippen MR) is 108 cm³/mol. The molecular formula is C22H44O3. The summed E-state index contributed by atoms with van der Waals surface area (Å²) in [4.78, 5) is 0. The Kier molecular flexibility index (Phi) is 23.3. The van der Waals surface area contributed by atoms with Gasteiger partial charge in [-0.1, -0.05) is 76.9 Å². The van der Waals surface area contributed by atoms with Crippen LogP contribution in [0.25, 0.3) is 0 Å². The molecule has 0 amide bonds. The number of unbranched alkanes of at least 4 members (excludes halogenated alkanes) is 12. The van der Waals surface area contributed by atoms with Crippen molar-refractivity contribution in [2.75, 3.05) is 33.0 Å². The van der Waals surface area contributed by atoms with E-state index in [4.69, 9.17) is 14.6 Å². The third-order valence-corrected chi connectivity index (χ3v) is 4.41. The Morgan fingerprint density at radius 1 is 0.560 bits per heavy atom. The van der Waals surface area contributed by atoms with Gasteiger partial charge in [0.25, 0.3) is 0 Å². The van der Waals surface area contributed by atoms with Gasteiger partial charge in [-0.15, -0.1) is 0 Å². The van der Waals surface area contributed by atoms with Gasteiger partial charge < -0.3 is 14.6 Å². The van der Waals surface area contributed by atoms with Gasteiger partial charge in [-0.3, -0.25) is 0 Å². The van der Waals surface area contributed by atoms with Crippen LogP contribution in [0.3, 0.4) is 0 Å². The standard InChI is InChI=1S/C22H44O3/c1-2-3-4-5-6-7-8-9-10-11-12-13-14-15-16-17-19-24-21-22-25-20-18-23/h9-10,23H,2-8,11-22H2,1H3. The van der Waals surface area contributed by atoms with Crippen LogP contribution in [0.1, 0.15) is 96.8 Å². The largest absolute Gasteiger partial charge is 0.394 e. The minimum Gasteiger partial charge on any atom is -0.394 e. The second-order valence-corrected chi connectivity index (χ2v) is 6.89. The van der Waals surface area contributed by atoms with Gasteiger partial charge in [0.1, 0.15) is 0 Å². The number of aliphatic hydroxyl groups is 1. The molecule has 0 fully saturated rings. The molecule has 150 valence electrons. The number of aliphatic hydroxyl groups excluding tert-OH is 1. The molecule has 0 unspecified atom stereocenters. The lowest BCUT2D eigenvalue weighted by Crippen LogP contribution is -2.07. The average Bonchev–Trinajstić information content (AvgIpc) is 2.63. The first kappa shape index (κ1) is 24.6. The van der Waals surface area contributed by atoms with Crippen molar-refractivity contribution in [3.63, 3.8) is 0 Å². The first-order valence-corrected chi connectivity index (χ1v) is 10.8. The molecule has 0 radical (unpaired) electrons. The SMILES string of the molecule is CCCCCCCCC=CCCCCCCCCOCCOCCO. The van der Waals surface area contributed by atoms with Crippen LogP contribution in [-0.2, 0) is 9.47 Å². The second-order valence-electron chi connectivity index (χ2n) is 6.89. The monoisotopic (exact) mass is 356 g/mol. The summed E-state index contributed by atoms with van der Waals surface area (Å²) in [6, 6.07) is 0. The van der Waals surface area contributed by atoms with Crippen molar-refractivity contribution in [1.82, 2.24) is 0 Å². The van der Waals surface area contributed by atoms with Crippen LogP contribution in [0.5, 0.6) is 0 Å². The van der Waals surface area contributed by atoms with Crippen LogP contribution in [0.2, 0.25) is 0 Å². The molecule has 0 aromatic rings. The van der Waals surface area contributed by atoms with Crippen molar-refractivity contribution in [1.29, 1.82) is 0 Å². The molecule has 0 aromatic carbocycles. The molecule has 0 aliphatic heterocycles. The molecule has 0 aromatic heterocycles. The lowest BCUT2D eigenvalue weighted by atomic mass is 10.1. The number of hydrogen-bond donors (Lipinski definition) is 1. The van der Waals surface area contributed by atoms with E-state index in [1.165, 1.54) is 83.5 Å². The normalized spacial score (nSPS) is 11.6. The minimum absolute atomic E-state index is 0.0922. The molecule has 0 saturated heterocycles. The van der Waals surface area contributed by atoms with E-state index in [-0.39, 0.29) is 6.61 Å². The van der Waals surface area contributed by atoms with E-state index in [1.807, 2.05) is 0 Å². The zero-order valence-corrected chi connectivity index (χ0v) is 16.9. The Hall–Kier alpha value is -0.380. The molecular weight excluding hydrogens is 312 g/mol. The highest BCUT2D eigenvalue weighted by Gasteiger charge is 1.93. The fourth-order valence-corrected chi connectivity index (χ4v) is 2.84. The first-order chi connectivity index (χ1) is 12.4. The van der Waals surface area contributed by atoms with Crippen molar-refractivity contribution >= 4 is 0 Å². The molecule has 3 heteroatoms. The molecule has 0 rings (SSSR count). The van der Waals surface area contributed by atoms with Gasteiger partial charge in [0.2, 0.25) is 0 Å². The predicted octanol–water partition coefficient (Wildman–Crippen LogP) is 6.05. The zero-order chi connectivity index (χ0) is 18.3. The van der Waals surface area contributed by atoms with E-state index >= 15 is 0 Å². The van der Waals surface area contributed by atoms with Crippen molar-refractivity contribution in [2.45, 2.75) is 96.8 Å². The summed E-state index contributed by atoms with van der Waals surface area (Å²) in [5.74, 6) is 0. The Labute approximate surface area is 157 Å². The van der Waals surface area contributed by atoms with Crippen molar-refractivity contribution in [3.8, 4) is 0 Å². The van der Waals surface area contributed by atoms with E-state index in [9.17, 15) is 0 Å². The van der Waals surface area contributed by atoms with Crippen LogP contribution in [0, 0.1) is 0 Å². The van der Waals surface area contributed by atoms with Gasteiger partial charge in [-0.2, -0.15) is 0 Å². The van der Waals surface area contributed by atoms with Crippen molar-refractivity contribution in [3.05, 3.63) is 12.2 Å². The second kappa shape index (κ2) is 23.6. The molecule has 1 N–H and O–H groups in total. The smallest absolute Gasteiger partial charge is 0.0701 e. The minimum atomic E-state index is 0.0922. The summed E-state index contributed by atoms with van der Waals surface area (Å²) in [5.41, 5.74) is 0. The van der Waals surface area contributed by atoms with E-state index < -0.39 is 0 Å². The Morgan fingerprint density at radius 2 is 1.04 bits per heavy atom. The average molecular weight is 357 g/mol. The Bertz CT molecular complexity index is 254. The van der Waals surface area contributed by atoms with Gasteiger partial charge in [0.15, 0.2) is 0 Å². The summed E-state index contributed by atoms with van der Waals surface area (Å²) in [6.45, 7) is 4.85. The quantitative estimate of drug-likeness (QED) is 0.201. The van der Waals surface area contributed by atoms with Crippen LogP contribution in [0.4, 0.5) is 0 Å². The fourth-order valence-electron chi connectivity index (χ4n) is 2.84. The van der Waals surface area contributed by atoms with Crippen molar-refractivity contribution < 1.29 is 14.6 Å². The van der Waals surface area contributed by atoms with Gasteiger partial charge in [-0.05, 0) is 32.1 Å². The molecule has 0 spiro atoms. The summed E-state index contributed by atoms with van der Waals surface area (Å²) in [5, 5.41) is 8.56. The highest BCUT2D eigenvalue weighted by molar-refractivity contribution is 4.81. The lowest BCUT2D eigenvalue weighted by Gasteiger charge is -2.05. The number of rotatable bonds is 21. The molecule has 0 heterocycles. The Morgan fingerprint density at radius 3 is 1.60 bits per heavy atom. The number of hydrogen-bond acceptors (Lipinski definition) is 3. The molecule has 3 nitrogen and oxygen atoms in total. The number of allylic oxidation sites excluding steroid dienone is 2. The third kappa shape index (κ3) is 23.6. The van der Waals surface area contributed by atoms with Crippen LogP contribution < -0.4 is 0 Å². The summed E-state index contributed by atoms with van der Waals surface area (Å²) in [7, 11) is 0. The summed E-state index contributed by atoms with van der Waals surface area (Å²) < 4.78 is 10.6. The molecule has 0 aliphatic carbocycles. The summed E-state index contributed by atoms with van der Waals surface area (Å²) in [6.07, 6.45) is 23.5. The van der Waals surface area contributed by atoms with Gasteiger partial charge >= 0.3 is 0 Å². The first-order valence-electron chi connectivity index (χ1n) is 10.8. The van der Waals surface area contributed by atoms with E-state index in [1.54, 1.807) is 0 Å². The fraction of sp³-hybridized carbons (Fsp3) is 0.909. The maximum Gasteiger partial charge on any atom is 0.0701 e. The molecule has 0 aliphatic rings. The Balaban J connectivity index is 3.03. The zero-order valence-electron chi connectivity index (χ0n) is 16.9. The van der Waals surface area contributed by atoms with Gasteiger partial charge in [0.05, 0.1) is 26.4 Å².